The first-order valence-corrected chi connectivity index (χ1v) is 15.3. The van der Waals surface area contributed by atoms with Crippen LogP contribution in [0.1, 0.15) is 92.8 Å². The third-order valence-electron chi connectivity index (χ3n) is 8.14. The lowest BCUT2D eigenvalue weighted by atomic mass is 9.98. The molecule has 4 aromatic rings. The molecule has 0 bridgehead atoms. The van der Waals surface area contributed by atoms with Crippen molar-refractivity contribution in [1.82, 2.24) is 20.5 Å². The van der Waals surface area contributed by atoms with E-state index >= 15 is 0 Å². The highest BCUT2D eigenvalue weighted by molar-refractivity contribution is 6.00. The number of nitrogens with zero attached hydrogens (tertiary/aromatic N) is 2. The van der Waals surface area contributed by atoms with Crippen LogP contribution in [0.25, 0.3) is 0 Å². The van der Waals surface area contributed by atoms with Crippen LogP contribution in [0.15, 0.2) is 77.4 Å². The summed E-state index contributed by atoms with van der Waals surface area (Å²) in [4.78, 5) is 33.1. The molecule has 8 nitrogen and oxygen atoms in total. The SMILES string of the molecule is Cc1coc([C@H]2CCCN2C(=O)c2cc(CF)cc(C(=O)N[C@@H](C)CC(NCc3cccc(C(F)(F)F)c3)c3cccc(O)c3)c2)n1. The second-order valence-electron chi connectivity index (χ2n) is 11.9. The summed E-state index contributed by atoms with van der Waals surface area (Å²) in [6.07, 6.45) is -1.24. The van der Waals surface area contributed by atoms with Crippen LogP contribution in [0, 0.1) is 6.92 Å². The van der Waals surface area contributed by atoms with Crippen molar-refractivity contribution < 1.29 is 36.7 Å². The van der Waals surface area contributed by atoms with Gasteiger partial charge in [0.25, 0.3) is 11.8 Å². The van der Waals surface area contributed by atoms with E-state index in [1.807, 2.05) is 0 Å². The zero-order chi connectivity index (χ0) is 33.7. The Labute approximate surface area is 269 Å². The number of benzene rings is 3. The monoisotopic (exact) mass is 652 g/mol. The lowest BCUT2D eigenvalue weighted by Crippen LogP contribution is -2.36. The molecule has 1 unspecified atom stereocenters. The Kier molecular flexibility index (Phi) is 10.3. The fourth-order valence-corrected chi connectivity index (χ4v) is 5.88. The van der Waals surface area contributed by atoms with Gasteiger partial charge in [0.15, 0.2) is 0 Å². The van der Waals surface area contributed by atoms with Crippen LogP contribution in [-0.2, 0) is 19.4 Å². The number of alkyl halides is 4. The molecule has 47 heavy (non-hydrogen) atoms. The van der Waals surface area contributed by atoms with E-state index in [9.17, 15) is 32.3 Å². The number of phenolic OH excluding ortho intramolecular Hbond substituents is 1. The van der Waals surface area contributed by atoms with Crippen LogP contribution < -0.4 is 10.6 Å². The highest BCUT2D eigenvalue weighted by Crippen LogP contribution is 2.33. The van der Waals surface area contributed by atoms with Crippen molar-refractivity contribution in [3.05, 3.63) is 118 Å². The molecule has 5 rings (SSSR count). The maximum absolute atomic E-state index is 13.9. The Bertz CT molecular complexity index is 1720. The fourth-order valence-electron chi connectivity index (χ4n) is 5.88. The third kappa shape index (κ3) is 8.37. The maximum atomic E-state index is 13.9. The molecule has 2 amide bonds. The number of likely N-dealkylation sites (tertiary alicyclic amines) is 1. The van der Waals surface area contributed by atoms with Crippen molar-refractivity contribution in [1.29, 1.82) is 0 Å². The van der Waals surface area contributed by atoms with Crippen molar-refractivity contribution in [3.8, 4) is 5.75 Å². The number of nitrogens with one attached hydrogen (secondary N) is 2. The zero-order valence-electron chi connectivity index (χ0n) is 26.0. The smallest absolute Gasteiger partial charge is 0.416 e. The minimum Gasteiger partial charge on any atom is -0.508 e. The molecular formula is C35H36F4N4O4. The Morgan fingerprint density at radius 1 is 1.06 bits per heavy atom. The van der Waals surface area contributed by atoms with Gasteiger partial charge in [-0.3, -0.25) is 9.59 Å². The summed E-state index contributed by atoms with van der Waals surface area (Å²) in [5.74, 6) is -0.424. The molecule has 1 aromatic heterocycles. The third-order valence-corrected chi connectivity index (χ3v) is 8.14. The molecular weight excluding hydrogens is 616 g/mol. The predicted molar refractivity (Wildman–Crippen MR) is 166 cm³/mol. The van der Waals surface area contributed by atoms with E-state index in [1.54, 1.807) is 43.0 Å². The normalized spacial score (nSPS) is 16.2. The van der Waals surface area contributed by atoms with Crippen LogP contribution >= 0.6 is 0 Å². The Morgan fingerprint density at radius 3 is 2.53 bits per heavy atom. The Hall–Kier alpha value is -4.71. The van der Waals surface area contributed by atoms with Crippen LogP contribution in [0.2, 0.25) is 0 Å². The van der Waals surface area contributed by atoms with Crippen LogP contribution in [0.4, 0.5) is 17.6 Å². The first-order chi connectivity index (χ1) is 22.4. The van der Waals surface area contributed by atoms with Gasteiger partial charge < -0.3 is 25.1 Å². The minimum absolute atomic E-state index is 0.0171. The lowest BCUT2D eigenvalue weighted by Gasteiger charge is -2.25. The molecule has 2 heterocycles. The maximum Gasteiger partial charge on any atom is 0.416 e. The molecule has 248 valence electrons. The Balaban J connectivity index is 1.31. The van der Waals surface area contributed by atoms with Gasteiger partial charge in [0, 0.05) is 36.3 Å². The van der Waals surface area contributed by atoms with E-state index in [0.717, 1.165) is 18.6 Å². The van der Waals surface area contributed by atoms with E-state index in [1.165, 1.54) is 36.6 Å². The summed E-state index contributed by atoms with van der Waals surface area (Å²) in [6, 6.07) is 14.5. The number of hydrogen-bond acceptors (Lipinski definition) is 6. The number of halogens is 4. The Morgan fingerprint density at radius 2 is 1.83 bits per heavy atom. The number of phenols is 1. The molecule has 0 spiro atoms. The molecule has 0 radical (unpaired) electrons. The van der Waals surface area contributed by atoms with E-state index in [2.05, 4.69) is 15.6 Å². The number of carbonyl (C=O) groups excluding carboxylic acids is 2. The second kappa shape index (κ2) is 14.4. The van der Waals surface area contributed by atoms with Crippen LogP contribution in [-0.4, -0.2) is 39.4 Å². The molecule has 3 aromatic carbocycles. The average Bonchev–Trinajstić information content (AvgIpc) is 3.71. The first-order valence-electron chi connectivity index (χ1n) is 15.3. The van der Waals surface area contributed by atoms with Gasteiger partial charge in [0.1, 0.15) is 24.7 Å². The number of aromatic nitrogens is 1. The summed E-state index contributed by atoms with van der Waals surface area (Å²) < 4.78 is 59.3. The van der Waals surface area contributed by atoms with Crippen LogP contribution in [0.3, 0.4) is 0 Å². The van der Waals surface area contributed by atoms with Crippen molar-refractivity contribution in [2.75, 3.05) is 6.54 Å². The number of hydrogen-bond donors (Lipinski definition) is 3. The van der Waals surface area contributed by atoms with Crippen molar-refractivity contribution in [2.45, 2.75) is 70.6 Å². The number of oxazole rings is 1. The standard InChI is InChI=1S/C35H36F4N4O4/c1-21(12-30(25-7-4-9-29(44)17-25)40-19-23-6-3-8-28(15-23)35(37,38)39)41-32(45)26-13-24(18-36)14-27(16-26)34(46)43-11-5-10-31(43)33-42-22(2)20-47-33/h3-4,6-9,13-17,20-21,30-31,40,44H,5,10-12,18-19H2,1-2H3,(H,41,45)/t21-,30?,31+/m0/s1. The summed E-state index contributed by atoms with van der Waals surface area (Å²) in [6.45, 7) is 3.24. The van der Waals surface area contributed by atoms with Gasteiger partial charge in [0.2, 0.25) is 5.89 Å². The second-order valence-corrected chi connectivity index (χ2v) is 11.9. The minimum atomic E-state index is -4.48. The van der Waals surface area contributed by atoms with Gasteiger partial charge in [-0.2, -0.15) is 13.2 Å². The quantitative estimate of drug-likeness (QED) is 0.148. The molecule has 1 aliphatic rings. The summed E-state index contributed by atoms with van der Waals surface area (Å²) in [7, 11) is 0. The number of aryl methyl sites for hydroxylation is 1. The number of aromatic hydroxyl groups is 1. The highest BCUT2D eigenvalue weighted by atomic mass is 19.4. The van der Waals surface area contributed by atoms with Gasteiger partial charge in [0.05, 0.1) is 11.3 Å². The van der Waals surface area contributed by atoms with Gasteiger partial charge in [-0.25, -0.2) is 9.37 Å². The molecule has 3 N–H and O–H groups in total. The molecule has 12 heteroatoms. The van der Waals surface area contributed by atoms with Gasteiger partial charge in [-0.1, -0.05) is 30.3 Å². The molecule has 0 aliphatic carbocycles. The summed E-state index contributed by atoms with van der Waals surface area (Å²) >= 11 is 0. The molecule has 1 aliphatic heterocycles. The predicted octanol–water partition coefficient (Wildman–Crippen LogP) is 7.19. The van der Waals surface area contributed by atoms with Gasteiger partial charge in [-0.15, -0.1) is 0 Å². The summed E-state index contributed by atoms with van der Waals surface area (Å²) in [5, 5.41) is 16.2. The first kappa shape index (κ1) is 33.6. The largest absolute Gasteiger partial charge is 0.508 e. The summed E-state index contributed by atoms with van der Waals surface area (Å²) in [5.41, 5.74) is 1.50. The van der Waals surface area contributed by atoms with Gasteiger partial charge in [-0.05, 0) is 86.2 Å². The molecule has 1 saturated heterocycles. The molecule has 0 saturated carbocycles. The van der Waals surface area contributed by atoms with Gasteiger partial charge >= 0.3 is 6.18 Å². The van der Waals surface area contributed by atoms with E-state index in [-0.39, 0.29) is 40.9 Å². The fraction of sp³-hybridized carbons (Fsp3) is 0.343. The highest BCUT2D eigenvalue weighted by Gasteiger charge is 2.34. The lowest BCUT2D eigenvalue weighted by molar-refractivity contribution is -0.137. The van der Waals surface area contributed by atoms with E-state index < -0.39 is 36.4 Å². The van der Waals surface area contributed by atoms with Crippen LogP contribution in [0.5, 0.6) is 5.75 Å². The van der Waals surface area contributed by atoms with Crippen molar-refractivity contribution in [2.24, 2.45) is 0 Å². The molecule has 1 fully saturated rings. The van der Waals surface area contributed by atoms with Crippen molar-refractivity contribution >= 4 is 11.8 Å². The van der Waals surface area contributed by atoms with E-state index in [0.29, 0.717) is 42.1 Å². The zero-order valence-corrected chi connectivity index (χ0v) is 26.0. The topological polar surface area (TPSA) is 108 Å². The number of carbonyl (C=O) groups is 2. The number of rotatable bonds is 11. The van der Waals surface area contributed by atoms with E-state index in [4.69, 9.17) is 4.42 Å². The average molecular weight is 653 g/mol. The molecule has 3 atom stereocenters. The number of amides is 2. The van der Waals surface area contributed by atoms with Crippen molar-refractivity contribution in [3.63, 3.8) is 0 Å².